The maximum Gasteiger partial charge on any atom is 0.338 e. The summed E-state index contributed by atoms with van der Waals surface area (Å²) in [5.41, 5.74) is 0.813. The topological polar surface area (TPSA) is 102 Å². The van der Waals surface area contributed by atoms with Gasteiger partial charge in [0.2, 0.25) is 0 Å². The van der Waals surface area contributed by atoms with Crippen molar-refractivity contribution in [2.24, 2.45) is 0 Å². The van der Waals surface area contributed by atoms with Gasteiger partial charge < -0.3 is 19.3 Å². The number of halogens is 1. The van der Waals surface area contributed by atoms with Crippen molar-refractivity contribution in [3.8, 4) is 5.75 Å². The second-order valence-electron chi connectivity index (χ2n) is 7.04. The number of amides is 1. The van der Waals surface area contributed by atoms with Crippen LogP contribution >= 0.6 is 11.6 Å². The number of nitro benzene ring substituents is 1. The Labute approximate surface area is 190 Å². The van der Waals surface area contributed by atoms with E-state index in [1.165, 1.54) is 12.1 Å². The van der Waals surface area contributed by atoms with Crippen LogP contribution < -0.4 is 9.64 Å². The largest absolute Gasteiger partial charge is 0.492 e. The SMILES string of the molecule is CCOC(=O)c1ccc(N2CCN(C(=O)c3ccc(OCC)c(Cl)c3)CC2)c([N+](=O)[O-])c1. The molecule has 0 aromatic heterocycles. The van der Waals surface area contributed by atoms with Crippen LogP contribution in [0.25, 0.3) is 0 Å². The fourth-order valence-electron chi connectivity index (χ4n) is 3.52. The van der Waals surface area contributed by atoms with Crippen LogP contribution in [0.15, 0.2) is 36.4 Å². The molecule has 1 fully saturated rings. The lowest BCUT2D eigenvalue weighted by atomic mass is 10.1. The van der Waals surface area contributed by atoms with Gasteiger partial charge in [0.25, 0.3) is 11.6 Å². The number of hydrogen-bond donors (Lipinski definition) is 0. The third-order valence-corrected chi connectivity index (χ3v) is 5.36. The van der Waals surface area contributed by atoms with E-state index < -0.39 is 10.9 Å². The van der Waals surface area contributed by atoms with Crippen molar-refractivity contribution in [2.75, 3.05) is 44.3 Å². The van der Waals surface area contributed by atoms with Gasteiger partial charge in [-0.2, -0.15) is 0 Å². The summed E-state index contributed by atoms with van der Waals surface area (Å²) in [6, 6.07) is 9.22. The highest BCUT2D eigenvalue weighted by Gasteiger charge is 2.27. The first-order chi connectivity index (χ1) is 15.3. The average molecular weight is 462 g/mol. The first-order valence-electron chi connectivity index (χ1n) is 10.3. The number of nitrogens with zero attached hydrogens (tertiary/aromatic N) is 3. The van der Waals surface area contributed by atoms with Crippen LogP contribution in [0.3, 0.4) is 0 Å². The molecular formula is C22H24ClN3O6. The first kappa shape index (κ1) is 23.3. The summed E-state index contributed by atoms with van der Waals surface area (Å²) in [6.45, 7) is 5.78. The number of ether oxygens (including phenoxy) is 2. The maximum atomic E-state index is 12.9. The lowest BCUT2D eigenvalue weighted by Crippen LogP contribution is -2.49. The Bertz CT molecular complexity index is 1020. The van der Waals surface area contributed by atoms with Gasteiger partial charge in [-0.15, -0.1) is 0 Å². The van der Waals surface area contributed by atoms with Gasteiger partial charge in [-0.05, 0) is 44.2 Å². The molecule has 0 spiro atoms. The summed E-state index contributed by atoms with van der Waals surface area (Å²) < 4.78 is 10.3. The number of carbonyl (C=O) groups excluding carboxylic acids is 2. The minimum atomic E-state index is -0.605. The summed E-state index contributed by atoms with van der Waals surface area (Å²) in [4.78, 5) is 39.4. The van der Waals surface area contributed by atoms with Crippen molar-refractivity contribution < 1.29 is 24.0 Å². The van der Waals surface area contributed by atoms with E-state index in [2.05, 4.69) is 0 Å². The predicted octanol–water partition coefficient (Wildman–Crippen LogP) is 3.79. The van der Waals surface area contributed by atoms with E-state index >= 15 is 0 Å². The molecule has 0 N–H and O–H groups in total. The van der Waals surface area contributed by atoms with Crippen molar-refractivity contribution in [1.29, 1.82) is 0 Å². The van der Waals surface area contributed by atoms with Crippen LogP contribution in [-0.4, -0.2) is 61.1 Å². The third kappa shape index (κ3) is 5.11. The molecule has 0 aliphatic carbocycles. The molecule has 1 aliphatic rings. The van der Waals surface area contributed by atoms with Gasteiger partial charge in [-0.1, -0.05) is 11.6 Å². The molecule has 0 saturated carbocycles. The quantitative estimate of drug-likeness (QED) is 0.351. The molecule has 0 radical (unpaired) electrons. The molecule has 170 valence electrons. The zero-order valence-corrected chi connectivity index (χ0v) is 18.6. The Morgan fingerprint density at radius 1 is 1.03 bits per heavy atom. The highest BCUT2D eigenvalue weighted by atomic mass is 35.5. The van der Waals surface area contributed by atoms with Crippen molar-refractivity contribution in [1.82, 2.24) is 4.90 Å². The van der Waals surface area contributed by atoms with Crippen molar-refractivity contribution in [2.45, 2.75) is 13.8 Å². The normalized spacial score (nSPS) is 13.6. The number of nitro groups is 1. The van der Waals surface area contributed by atoms with Crippen LogP contribution in [0, 0.1) is 10.1 Å². The molecule has 10 heteroatoms. The zero-order valence-electron chi connectivity index (χ0n) is 17.9. The van der Waals surface area contributed by atoms with E-state index in [9.17, 15) is 19.7 Å². The average Bonchev–Trinajstić information content (AvgIpc) is 2.80. The van der Waals surface area contributed by atoms with Crippen LogP contribution in [0.4, 0.5) is 11.4 Å². The Hall–Kier alpha value is -3.33. The summed E-state index contributed by atoms with van der Waals surface area (Å²) in [6.07, 6.45) is 0. The molecule has 0 bridgehead atoms. The van der Waals surface area contributed by atoms with Gasteiger partial charge >= 0.3 is 5.97 Å². The highest BCUT2D eigenvalue weighted by Crippen LogP contribution is 2.31. The maximum absolute atomic E-state index is 12.9. The van der Waals surface area contributed by atoms with E-state index in [1.54, 1.807) is 36.1 Å². The van der Waals surface area contributed by atoms with Crippen molar-refractivity contribution in [3.05, 3.63) is 62.7 Å². The Morgan fingerprint density at radius 3 is 2.31 bits per heavy atom. The minimum absolute atomic E-state index is 0.128. The number of benzene rings is 2. The van der Waals surface area contributed by atoms with Gasteiger partial charge in [0.15, 0.2) is 0 Å². The summed E-state index contributed by atoms with van der Waals surface area (Å²) in [5.74, 6) is -0.248. The third-order valence-electron chi connectivity index (χ3n) is 5.07. The summed E-state index contributed by atoms with van der Waals surface area (Å²) in [5, 5.41) is 12.0. The van der Waals surface area contributed by atoms with E-state index in [-0.39, 0.29) is 23.8 Å². The van der Waals surface area contributed by atoms with E-state index in [1.807, 2.05) is 11.8 Å². The second kappa shape index (κ2) is 10.3. The van der Waals surface area contributed by atoms with Crippen molar-refractivity contribution >= 4 is 34.9 Å². The summed E-state index contributed by atoms with van der Waals surface area (Å²) in [7, 11) is 0. The minimum Gasteiger partial charge on any atom is -0.492 e. The molecule has 0 atom stereocenters. The number of carbonyl (C=O) groups is 2. The lowest BCUT2D eigenvalue weighted by molar-refractivity contribution is -0.384. The molecule has 1 saturated heterocycles. The number of anilines is 1. The van der Waals surface area contributed by atoms with Crippen LogP contribution in [0.1, 0.15) is 34.6 Å². The molecule has 9 nitrogen and oxygen atoms in total. The second-order valence-corrected chi connectivity index (χ2v) is 7.45. The van der Waals surface area contributed by atoms with Crippen LogP contribution in [-0.2, 0) is 4.74 Å². The number of piperazine rings is 1. The van der Waals surface area contributed by atoms with E-state index in [0.717, 1.165) is 0 Å². The Morgan fingerprint density at radius 2 is 1.72 bits per heavy atom. The van der Waals surface area contributed by atoms with E-state index in [0.29, 0.717) is 54.8 Å². The fraction of sp³-hybridized carbons (Fsp3) is 0.364. The van der Waals surface area contributed by atoms with E-state index in [4.69, 9.17) is 21.1 Å². The number of rotatable bonds is 7. The number of esters is 1. The van der Waals surface area contributed by atoms with Crippen molar-refractivity contribution in [3.63, 3.8) is 0 Å². The molecule has 32 heavy (non-hydrogen) atoms. The Balaban J connectivity index is 1.71. The van der Waals surface area contributed by atoms with Crippen LogP contribution in [0.2, 0.25) is 5.02 Å². The monoisotopic (exact) mass is 461 g/mol. The molecule has 2 aromatic carbocycles. The molecule has 1 aliphatic heterocycles. The molecule has 1 heterocycles. The number of hydrogen-bond acceptors (Lipinski definition) is 7. The predicted molar refractivity (Wildman–Crippen MR) is 120 cm³/mol. The smallest absolute Gasteiger partial charge is 0.338 e. The summed E-state index contributed by atoms with van der Waals surface area (Å²) >= 11 is 6.20. The zero-order chi connectivity index (χ0) is 23.3. The molecule has 0 unspecified atom stereocenters. The van der Waals surface area contributed by atoms with Gasteiger partial charge in [0, 0.05) is 37.8 Å². The first-order valence-corrected chi connectivity index (χ1v) is 10.7. The van der Waals surface area contributed by atoms with Gasteiger partial charge in [0.1, 0.15) is 11.4 Å². The molecule has 2 aromatic rings. The lowest BCUT2D eigenvalue weighted by Gasteiger charge is -2.36. The van der Waals surface area contributed by atoms with Gasteiger partial charge in [0.05, 0.1) is 28.7 Å². The molecule has 3 rings (SSSR count). The molecular weight excluding hydrogens is 438 g/mol. The molecule has 1 amide bonds. The van der Waals surface area contributed by atoms with Gasteiger partial charge in [-0.3, -0.25) is 14.9 Å². The Kier molecular flexibility index (Phi) is 7.53. The fourth-order valence-corrected chi connectivity index (χ4v) is 3.75. The standard InChI is InChI=1S/C22H24ClN3O6/c1-3-31-20-8-6-15(13-17(20)23)21(27)25-11-9-24(10-12-25)18-7-5-16(22(28)32-4-2)14-19(18)26(29)30/h5-8,13-14H,3-4,9-12H2,1-2H3. The highest BCUT2D eigenvalue weighted by molar-refractivity contribution is 6.32. The van der Waals surface area contributed by atoms with Gasteiger partial charge in [-0.25, -0.2) is 4.79 Å². The van der Waals surface area contributed by atoms with Crippen LogP contribution in [0.5, 0.6) is 5.75 Å².